The van der Waals surface area contributed by atoms with Gasteiger partial charge in [0.05, 0.1) is 26.9 Å². The summed E-state index contributed by atoms with van der Waals surface area (Å²) in [5.74, 6) is 0.732. The number of hydrogen-bond acceptors (Lipinski definition) is 6. The molecule has 0 aliphatic carbocycles. The Morgan fingerprint density at radius 3 is 2.41 bits per heavy atom. The molecule has 0 heterocycles. The first-order valence-electron chi connectivity index (χ1n) is 8.47. The number of rotatable bonds is 9. The number of ether oxygens (including phenoxy) is 3. The molecule has 0 unspecified atom stereocenters. The maximum absolute atomic E-state index is 12.1. The minimum Gasteiger partial charge on any atom is -0.493 e. The van der Waals surface area contributed by atoms with Crippen LogP contribution in [0.3, 0.4) is 0 Å². The summed E-state index contributed by atoms with van der Waals surface area (Å²) in [6, 6.07) is 12.5. The number of amides is 1. The molecule has 0 radical (unpaired) electrons. The van der Waals surface area contributed by atoms with Crippen LogP contribution in [0.25, 0.3) is 0 Å². The number of para-hydroxylation sites is 1. The average Bonchev–Trinajstić information content (AvgIpc) is 2.71. The fraction of sp³-hybridized carbons (Fsp3) is 0.300. The second-order valence-electron chi connectivity index (χ2n) is 5.68. The van der Waals surface area contributed by atoms with E-state index in [1.54, 1.807) is 38.5 Å². The van der Waals surface area contributed by atoms with Gasteiger partial charge in [-0.15, -0.1) is 0 Å². The highest BCUT2D eigenvalue weighted by atomic mass is 16.5. The van der Waals surface area contributed by atoms with Gasteiger partial charge in [0.2, 0.25) is 5.91 Å². The van der Waals surface area contributed by atoms with Gasteiger partial charge in [-0.2, -0.15) is 0 Å². The van der Waals surface area contributed by atoms with E-state index in [9.17, 15) is 9.59 Å². The molecule has 7 nitrogen and oxygen atoms in total. The van der Waals surface area contributed by atoms with E-state index in [4.69, 9.17) is 14.2 Å². The first-order chi connectivity index (χ1) is 13.1. The van der Waals surface area contributed by atoms with Crippen LogP contribution in [-0.4, -0.2) is 39.8 Å². The first-order valence-corrected chi connectivity index (χ1v) is 8.47. The number of anilines is 1. The SMILES string of the molecule is COC(=O)c1ccccc1NCCC(=O)NCc1ccc(OC)c(OC)c1. The van der Waals surface area contributed by atoms with Gasteiger partial charge in [-0.1, -0.05) is 18.2 Å². The van der Waals surface area contributed by atoms with Crippen LogP contribution in [0.4, 0.5) is 5.69 Å². The smallest absolute Gasteiger partial charge is 0.339 e. The molecule has 0 atom stereocenters. The Balaban J connectivity index is 1.83. The van der Waals surface area contributed by atoms with Gasteiger partial charge in [-0.25, -0.2) is 4.79 Å². The van der Waals surface area contributed by atoms with Crippen molar-refractivity contribution in [3.05, 3.63) is 53.6 Å². The van der Waals surface area contributed by atoms with Gasteiger partial charge in [0.15, 0.2) is 11.5 Å². The van der Waals surface area contributed by atoms with E-state index in [2.05, 4.69) is 10.6 Å². The molecule has 0 saturated heterocycles. The lowest BCUT2D eigenvalue weighted by Crippen LogP contribution is -2.25. The predicted octanol–water partition coefficient (Wildman–Crippen LogP) is 2.61. The Labute approximate surface area is 158 Å². The summed E-state index contributed by atoms with van der Waals surface area (Å²) in [4.78, 5) is 23.8. The lowest BCUT2D eigenvalue weighted by molar-refractivity contribution is -0.121. The molecule has 0 spiro atoms. The molecule has 2 aromatic rings. The van der Waals surface area contributed by atoms with Gasteiger partial charge >= 0.3 is 5.97 Å². The van der Waals surface area contributed by atoms with Crippen molar-refractivity contribution in [3.63, 3.8) is 0 Å². The third-order valence-electron chi connectivity index (χ3n) is 3.94. The van der Waals surface area contributed by atoms with E-state index in [1.165, 1.54) is 7.11 Å². The largest absolute Gasteiger partial charge is 0.493 e. The summed E-state index contributed by atoms with van der Waals surface area (Å²) >= 11 is 0. The molecule has 0 saturated carbocycles. The topological polar surface area (TPSA) is 85.9 Å². The predicted molar refractivity (Wildman–Crippen MR) is 102 cm³/mol. The van der Waals surface area contributed by atoms with Gasteiger partial charge in [0, 0.05) is 25.2 Å². The highest BCUT2D eigenvalue weighted by Gasteiger charge is 2.11. The Bertz CT molecular complexity index is 792. The Hall–Kier alpha value is -3.22. The third kappa shape index (κ3) is 5.64. The monoisotopic (exact) mass is 372 g/mol. The fourth-order valence-corrected chi connectivity index (χ4v) is 2.52. The zero-order chi connectivity index (χ0) is 19.6. The van der Waals surface area contributed by atoms with E-state index in [0.29, 0.717) is 35.8 Å². The van der Waals surface area contributed by atoms with Crippen molar-refractivity contribution in [1.82, 2.24) is 5.32 Å². The number of carbonyl (C=O) groups is 2. The second kappa shape index (κ2) is 10.1. The minimum absolute atomic E-state index is 0.104. The molecule has 0 fully saturated rings. The molecular formula is C20H24N2O5. The van der Waals surface area contributed by atoms with Gasteiger partial charge in [0.25, 0.3) is 0 Å². The zero-order valence-corrected chi connectivity index (χ0v) is 15.7. The van der Waals surface area contributed by atoms with E-state index < -0.39 is 5.97 Å². The van der Waals surface area contributed by atoms with E-state index >= 15 is 0 Å². The van der Waals surface area contributed by atoms with Crippen LogP contribution in [0.5, 0.6) is 11.5 Å². The minimum atomic E-state index is -0.420. The summed E-state index contributed by atoms with van der Waals surface area (Å²) < 4.78 is 15.2. The molecule has 0 aliphatic heterocycles. The quantitative estimate of drug-likeness (QED) is 0.658. The van der Waals surface area contributed by atoms with E-state index in [1.807, 2.05) is 18.2 Å². The molecule has 0 aromatic heterocycles. The van der Waals surface area contributed by atoms with Crippen LogP contribution >= 0.6 is 0 Å². The third-order valence-corrected chi connectivity index (χ3v) is 3.94. The molecule has 2 N–H and O–H groups in total. The molecule has 27 heavy (non-hydrogen) atoms. The fourth-order valence-electron chi connectivity index (χ4n) is 2.52. The number of methoxy groups -OCH3 is 3. The van der Waals surface area contributed by atoms with Crippen LogP contribution in [0.1, 0.15) is 22.3 Å². The summed E-state index contributed by atoms with van der Waals surface area (Å²) in [6.07, 6.45) is 0.267. The van der Waals surface area contributed by atoms with Crippen LogP contribution < -0.4 is 20.1 Å². The van der Waals surface area contributed by atoms with Crippen molar-refractivity contribution >= 4 is 17.6 Å². The Morgan fingerprint density at radius 1 is 0.963 bits per heavy atom. The lowest BCUT2D eigenvalue weighted by atomic mass is 10.1. The van der Waals surface area contributed by atoms with Crippen LogP contribution in [0.15, 0.2) is 42.5 Å². The van der Waals surface area contributed by atoms with Crippen LogP contribution in [0, 0.1) is 0 Å². The summed E-state index contributed by atoms with van der Waals surface area (Å²) in [5, 5.41) is 5.95. The van der Waals surface area contributed by atoms with E-state index in [-0.39, 0.29) is 12.3 Å². The van der Waals surface area contributed by atoms with Crippen LogP contribution in [0.2, 0.25) is 0 Å². The van der Waals surface area contributed by atoms with Crippen molar-refractivity contribution in [1.29, 1.82) is 0 Å². The maximum atomic E-state index is 12.1. The number of hydrogen-bond donors (Lipinski definition) is 2. The Morgan fingerprint density at radius 2 is 1.70 bits per heavy atom. The maximum Gasteiger partial charge on any atom is 0.339 e. The summed E-state index contributed by atoms with van der Waals surface area (Å²) in [5.41, 5.74) is 1.98. The molecule has 2 aromatic carbocycles. The molecular weight excluding hydrogens is 348 g/mol. The molecule has 2 rings (SSSR count). The molecule has 7 heteroatoms. The highest BCUT2D eigenvalue weighted by Crippen LogP contribution is 2.27. The van der Waals surface area contributed by atoms with Crippen LogP contribution in [-0.2, 0) is 16.1 Å². The van der Waals surface area contributed by atoms with E-state index in [0.717, 1.165) is 5.56 Å². The van der Waals surface area contributed by atoms with Crippen molar-refractivity contribution in [2.24, 2.45) is 0 Å². The standard InChI is InChI=1S/C20H24N2O5/c1-25-17-9-8-14(12-18(17)26-2)13-22-19(23)10-11-21-16-7-5-4-6-15(16)20(24)27-3/h4-9,12,21H,10-11,13H2,1-3H3,(H,22,23). The zero-order valence-electron chi connectivity index (χ0n) is 15.7. The number of esters is 1. The average molecular weight is 372 g/mol. The number of benzene rings is 2. The van der Waals surface area contributed by atoms with Crippen molar-refractivity contribution < 1.29 is 23.8 Å². The lowest BCUT2D eigenvalue weighted by Gasteiger charge is -2.12. The summed E-state index contributed by atoms with van der Waals surface area (Å²) in [6.45, 7) is 0.781. The molecule has 0 aliphatic rings. The molecule has 1 amide bonds. The normalized spacial score (nSPS) is 10.0. The second-order valence-corrected chi connectivity index (χ2v) is 5.68. The first kappa shape index (κ1) is 20.1. The van der Waals surface area contributed by atoms with Crippen molar-refractivity contribution in [2.75, 3.05) is 33.2 Å². The van der Waals surface area contributed by atoms with Gasteiger partial charge in [0.1, 0.15) is 0 Å². The Kier molecular flexibility index (Phi) is 7.49. The van der Waals surface area contributed by atoms with Gasteiger partial charge in [-0.05, 0) is 29.8 Å². The van der Waals surface area contributed by atoms with Gasteiger partial charge in [-0.3, -0.25) is 4.79 Å². The number of nitrogens with one attached hydrogen (secondary N) is 2. The van der Waals surface area contributed by atoms with Crippen molar-refractivity contribution in [3.8, 4) is 11.5 Å². The highest BCUT2D eigenvalue weighted by molar-refractivity contribution is 5.95. The van der Waals surface area contributed by atoms with Crippen molar-refractivity contribution in [2.45, 2.75) is 13.0 Å². The summed E-state index contributed by atoms with van der Waals surface area (Å²) in [7, 11) is 4.48. The number of carbonyl (C=O) groups excluding carboxylic acids is 2. The molecule has 144 valence electrons. The van der Waals surface area contributed by atoms with Gasteiger partial charge < -0.3 is 24.8 Å². The molecule has 0 bridgehead atoms.